The summed E-state index contributed by atoms with van der Waals surface area (Å²) in [7, 11) is -1.61. The van der Waals surface area contributed by atoms with Crippen LogP contribution in [0.25, 0.3) is 43.1 Å². The van der Waals surface area contributed by atoms with Gasteiger partial charge in [-0.3, -0.25) is 0 Å². The lowest BCUT2D eigenvalue weighted by Crippen LogP contribution is -2.50. The molecule has 4 nitrogen and oxygen atoms in total. The van der Waals surface area contributed by atoms with E-state index >= 15 is 0 Å². The molecule has 0 N–H and O–H groups in total. The zero-order valence-electron chi connectivity index (χ0n) is 32.3. The Labute approximate surface area is 301 Å². The molecule has 6 heteroatoms. The Morgan fingerprint density at radius 2 is 0.800 bits per heavy atom. The fourth-order valence-corrected chi connectivity index (χ4v) is 12.0. The number of ether oxygens (including phenoxy) is 2. The molecule has 0 aliphatic carbocycles. The maximum Gasteiger partial charge on any atom is 0.338 e. The molecule has 0 unspecified atom stereocenters. The van der Waals surface area contributed by atoms with Gasteiger partial charge in [0.1, 0.15) is 0 Å². The summed E-state index contributed by atoms with van der Waals surface area (Å²) in [6.07, 6.45) is 12.5. The molecular formula is C44H58O4Si2. The summed E-state index contributed by atoms with van der Waals surface area (Å²) in [6.45, 7) is 18.0. The average molecular weight is 707 g/mol. The van der Waals surface area contributed by atoms with Gasteiger partial charge in [-0.1, -0.05) is 104 Å². The Morgan fingerprint density at radius 3 is 1.10 bits per heavy atom. The van der Waals surface area contributed by atoms with E-state index in [4.69, 9.17) is 9.47 Å². The minimum absolute atomic E-state index is 0.395. The predicted molar refractivity (Wildman–Crippen MR) is 221 cm³/mol. The van der Waals surface area contributed by atoms with Crippen LogP contribution < -0.4 is 10.4 Å². The second kappa shape index (κ2) is 15.4. The van der Waals surface area contributed by atoms with Crippen molar-refractivity contribution in [2.45, 2.75) is 117 Å². The number of aryl methyl sites for hydroxylation is 2. The van der Waals surface area contributed by atoms with Crippen LogP contribution in [0.4, 0.5) is 0 Å². The summed E-state index contributed by atoms with van der Waals surface area (Å²) >= 11 is 0. The van der Waals surface area contributed by atoms with Crippen molar-refractivity contribution >= 4 is 81.5 Å². The van der Waals surface area contributed by atoms with Gasteiger partial charge in [-0.15, -0.1) is 0 Å². The third-order valence-corrected chi connectivity index (χ3v) is 14.4. The van der Waals surface area contributed by atoms with Crippen molar-refractivity contribution < 1.29 is 19.1 Å². The Bertz CT molecular complexity index is 1920. The van der Waals surface area contributed by atoms with Crippen molar-refractivity contribution in [2.24, 2.45) is 0 Å². The van der Waals surface area contributed by atoms with Crippen LogP contribution in [0.2, 0.25) is 39.3 Å². The van der Waals surface area contributed by atoms with Gasteiger partial charge in [0.05, 0.1) is 41.5 Å². The van der Waals surface area contributed by atoms with Crippen LogP contribution in [0.5, 0.6) is 0 Å². The third-order valence-electron chi connectivity index (χ3n) is 10.4. The lowest BCUT2D eigenvalue weighted by Gasteiger charge is -2.30. The van der Waals surface area contributed by atoms with Gasteiger partial charge in [0, 0.05) is 0 Å². The van der Waals surface area contributed by atoms with E-state index in [2.05, 4.69) is 102 Å². The second-order valence-corrected chi connectivity index (χ2v) is 26.4. The number of esters is 2. The highest BCUT2D eigenvalue weighted by Crippen LogP contribution is 2.34. The highest BCUT2D eigenvalue weighted by Gasteiger charge is 2.38. The van der Waals surface area contributed by atoms with Crippen molar-refractivity contribution in [2.75, 3.05) is 14.2 Å². The van der Waals surface area contributed by atoms with Crippen LogP contribution in [0.3, 0.4) is 0 Å². The highest BCUT2D eigenvalue weighted by atomic mass is 28.3. The van der Waals surface area contributed by atoms with E-state index in [9.17, 15) is 9.59 Å². The molecule has 5 rings (SSSR count). The summed E-state index contributed by atoms with van der Waals surface area (Å²) in [5.74, 6) is -0.936. The van der Waals surface area contributed by atoms with Crippen LogP contribution in [-0.4, -0.2) is 42.3 Å². The topological polar surface area (TPSA) is 52.6 Å². The first-order valence-corrected chi connectivity index (χ1v) is 25.9. The lowest BCUT2D eigenvalue weighted by molar-refractivity contribution is 0.0558. The highest BCUT2D eigenvalue weighted by molar-refractivity contribution is 6.94. The van der Waals surface area contributed by atoms with E-state index in [0.29, 0.717) is 11.1 Å². The number of carbonyl (C=O) groups excluding carboxylic acids is 2. The summed E-state index contributed by atoms with van der Waals surface area (Å²) in [5.41, 5.74) is 3.83. The van der Waals surface area contributed by atoms with Crippen LogP contribution >= 0.6 is 0 Å². The fourth-order valence-electron chi connectivity index (χ4n) is 8.00. The van der Waals surface area contributed by atoms with E-state index in [0.717, 1.165) is 44.8 Å². The Kier molecular flexibility index (Phi) is 11.6. The molecule has 0 saturated carbocycles. The SMILES string of the molecule is CCCCCCc1cc2cc3cc4cc5c([Si](C)(C)C)c(C(=O)OC)c(C(=O)OC)c([Si](C)(C)C)c5cc4cc3cc2cc1CCCCCC. The van der Waals surface area contributed by atoms with Gasteiger partial charge in [0.2, 0.25) is 0 Å². The van der Waals surface area contributed by atoms with Gasteiger partial charge in [0.25, 0.3) is 0 Å². The summed E-state index contributed by atoms with van der Waals surface area (Å²) in [5, 5.41) is 11.4. The Morgan fingerprint density at radius 1 is 0.480 bits per heavy atom. The zero-order chi connectivity index (χ0) is 36.4. The molecular weight excluding hydrogens is 649 g/mol. The molecule has 0 heterocycles. The standard InChI is InChI=1S/C44H58O4Si2/c1-11-13-15-17-19-29-21-31-23-33-25-35-27-37-38(28-36(35)26-34(33)24-32(31)22-30(29)20-18-16-14-12-2)42(50(8,9)10)40(44(46)48-4)39(43(45)47-3)41(37)49(5,6)7/h21-28H,11-20H2,1-10H3. The molecule has 5 aromatic carbocycles. The molecule has 266 valence electrons. The van der Waals surface area contributed by atoms with Crippen molar-refractivity contribution in [3.63, 3.8) is 0 Å². The van der Waals surface area contributed by atoms with Crippen molar-refractivity contribution in [1.82, 2.24) is 0 Å². The summed E-state index contributed by atoms with van der Waals surface area (Å²) in [6, 6.07) is 18.9. The van der Waals surface area contributed by atoms with E-state index in [1.807, 2.05) is 0 Å². The second-order valence-electron chi connectivity index (χ2n) is 16.4. The lowest BCUT2D eigenvalue weighted by atomic mass is 9.91. The fraction of sp³-hybridized carbons (Fsp3) is 0.455. The molecule has 0 aliphatic heterocycles. The van der Waals surface area contributed by atoms with Crippen molar-refractivity contribution in [1.29, 1.82) is 0 Å². The number of benzene rings is 5. The van der Waals surface area contributed by atoms with Gasteiger partial charge in [-0.05, 0) is 127 Å². The number of methoxy groups -OCH3 is 2. The maximum atomic E-state index is 13.7. The molecule has 0 spiro atoms. The van der Waals surface area contributed by atoms with Gasteiger partial charge in [-0.2, -0.15) is 0 Å². The first kappa shape index (κ1) is 37.8. The largest absolute Gasteiger partial charge is 0.465 e. The Balaban J connectivity index is 1.80. The molecule has 5 aromatic rings. The van der Waals surface area contributed by atoms with Gasteiger partial charge >= 0.3 is 11.9 Å². The van der Waals surface area contributed by atoms with Crippen LogP contribution in [-0.2, 0) is 22.3 Å². The van der Waals surface area contributed by atoms with Gasteiger partial charge < -0.3 is 9.47 Å². The van der Waals surface area contributed by atoms with Gasteiger partial charge in [0.15, 0.2) is 0 Å². The molecule has 0 radical (unpaired) electrons. The molecule has 0 aliphatic rings. The first-order valence-electron chi connectivity index (χ1n) is 18.9. The molecule has 0 aromatic heterocycles. The number of fused-ring (bicyclic) bond motifs is 4. The molecule has 50 heavy (non-hydrogen) atoms. The van der Waals surface area contributed by atoms with Gasteiger partial charge in [-0.25, -0.2) is 9.59 Å². The van der Waals surface area contributed by atoms with Crippen LogP contribution in [0.1, 0.15) is 97.1 Å². The van der Waals surface area contributed by atoms with E-state index in [1.54, 1.807) is 0 Å². The summed E-state index contributed by atoms with van der Waals surface area (Å²) < 4.78 is 10.8. The molecule has 0 amide bonds. The minimum atomic E-state index is -2.21. The van der Waals surface area contributed by atoms with E-state index < -0.39 is 28.1 Å². The molecule has 0 atom stereocenters. The number of hydrogen-bond donors (Lipinski definition) is 0. The quantitative estimate of drug-likeness (QED) is 0.0499. The smallest absolute Gasteiger partial charge is 0.338 e. The number of unbranched alkanes of at least 4 members (excludes halogenated alkanes) is 6. The van der Waals surface area contributed by atoms with Crippen molar-refractivity contribution in [3.8, 4) is 0 Å². The number of rotatable bonds is 14. The zero-order valence-corrected chi connectivity index (χ0v) is 34.3. The number of carbonyl (C=O) groups is 2. The molecule has 0 fully saturated rings. The minimum Gasteiger partial charge on any atom is -0.465 e. The monoisotopic (exact) mass is 706 g/mol. The first-order chi connectivity index (χ1) is 23.7. The van der Waals surface area contributed by atoms with Crippen molar-refractivity contribution in [3.05, 3.63) is 70.8 Å². The normalized spacial score (nSPS) is 12.4. The third kappa shape index (κ3) is 7.72. The number of hydrogen-bond acceptors (Lipinski definition) is 4. The van der Waals surface area contributed by atoms with E-state index in [-0.39, 0.29) is 0 Å². The maximum absolute atomic E-state index is 13.7. The summed E-state index contributed by atoms with van der Waals surface area (Å²) in [4.78, 5) is 27.3. The van der Waals surface area contributed by atoms with Crippen LogP contribution in [0, 0.1) is 0 Å². The van der Waals surface area contributed by atoms with E-state index in [1.165, 1.54) is 98.3 Å². The Hall–Kier alpha value is -3.49. The molecule has 0 bridgehead atoms. The predicted octanol–water partition coefficient (Wildman–Crippen LogP) is 11.2. The van der Waals surface area contributed by atoms with Crippen LogP contribution in [0.15, 0.2) is 48.5 Å². The average Bonchev–Trinajstić information content (AvgIpc) is 3.06. The molecule has 0 saturated heterocycles.